The second kappa shape index (κ2) is 6.53. The molecule has 4 nitrogen and oxygen atoms in total. The van der Waals surface area contributed by atoms with Gasteiger partial charge >= 0.3 is 0 Å². The van der Waals surface area contributed by atoms with Gasteiger partial charge in [-0.25, -0.2) is 9.37 Å². The molecular formula is C16H13FN2O2S. The number of hydrogen-bond acceptors (Lipinski definition) is 4. The summed E-state index contributed by atoms with van der Waals surface area (Å²) in [6, 6.07) is 9.82. The molecule has 0 saturated carbocycles. The van der Waals surface area contributed by atoms with E-state index in [9.17, 15) is 9.18 Å². The summed E-state index contributed by atoms with van der Waals surface area (Å²) in [7, 11) is 0. The van der Waals surface area contributed by atoms with Gasteiger partial charge < -0.3 is 9.73 Å². The van der Waals surface area contributed by atoms with Crippen molar-refractivity contribution in [2.45, 2.75) is 13.0 Å². The van der Waals surface area contributed by atoms with E-state index in [1.165, 1.54) is 23.5 Å². The smallest absolute Gasteiger partial charge is 0.226 e. The Kier molecular flexibility index (Phi) is 4.29. The number of halogens is 1. The lowest BCUT2D eigenvalue weighted by molar-refractivity contribution is -0.120. The zero-order valence-electron chi connectivity index (χ0n) is 11.6. The largest absolute Gasteiger partial charge is 0.467 e. The van der Waals surface area contributed by atoms with Gasteiger partial charge in [0, 0.05) is 10.9 Å². The SMILES string of the molecule is O=C(Cc1csc(-c2cccc(F)c2)n1)NCc1ccco1. The lowest BCUT2D eigenvalue weighted by atomic mass is 10.2. The van der Waals surface area contributed by atoms with Crippen LogP contribution in [0.1, 0.15) is 11.5 Å². The molecule has 0 atom stereocenters. The number of rotatable bonds is 5. The fourth-order valence-corrected chi connectivity index (χ4v) is 2.78. The van der Waals surface area contributed by atoms with Crippen molar-refractivity contribution < 1.29 is 13.6 Å². The Hall–Kier alpha value is -2.47. The number of carbonyl (C=O) groups excluding carboxylic acids is 1. The number of nitrogens with zero attached hydrogens (tertiary/aromatic N) is 1. The first-order valence-electron chi connectivity index (χ1n) is 6.70. The van der Waals surface area contributed by atoms with Crippen LogP contribution in [-0.4, -0.2) is 10.9 Å². The van der Waals surface area contributed by atoms with Crippen molar-refractivity contribution in [1.82, 2.24) is 10.3 Å². The van der Waals surface area contributed by atoms with Gasteiger partial charge in [0.1, 0.15) is 16.6 Å². The number of furan rings is 1. The van der Waals surface area contributed by atoms with E-state index >= 15 is 0 Å². The molecule has 3 rings (SSSR count). The highest BCUT2D eigenvalue weighted by Gasteiger charge is 2.10. The Morgan fingerprint density at radius 2 is 2.23 bits per heavy atom. The minimum atomic E-state index is -0.301. The number of nitrogens with one attached hydrogen (secondary N) is 1. The predicted molar refractivity (Wildman–Crippen MR) is 81.8 cm³/mol. The van der Waals surface area contributed by atoms with Crippen molar-refractivity contribution >= 4 is 17.2 Å². The molecule has 0 radical (unpaired) electrons. The fraction of sp³-hybridized carbons (Fsp3) is 0.125. The van der Waals surface area contributed by atoms with Crippen LogP contribution in [0.15, 0.2) is 52.5 Å². The van der Waals surface area contributed by atoms with E-state index in [-0.39, 0.29) is 18.1 Å². The Morgan fingerprint density at radius 3 is 3.00 bits per heavy atom. The molecule has 0 fully saturated rings. The van der Waals surface area contributed by atoms with Gasteiger partial charge in [0.2, 0.25) is 5.91 Å². The average Bonchev–Trinajstić information content (AvgIpc) is 3.16. The molecule has 6 heteroatoms. The van der Waals surface area contributed by atoms with Gasteiger partial charge in [0.15, 0.2) is 0 Å². The minimum Gasteiger partial charge on any atom is -0.467 e. The zero-order valence-corrected chi connectivity index (χ0v) is 12.4. The van der Waals surface area contributed by atoms with Gasteiger partial charge in [-0.05, 0) is 24.3 Å². The standard InChI is InChI=1S/C16H13FN2O2S/c17-12-4-1-3-11(7-12)16-19-13(10-22-16)8-15(20)18-9-14-5-2-6-21-14/h1-7,10H,8-9H2,(H,18,20). The van der Waals surface area contributed by atoms with Gasteiger partial charge in [-0.3, -0.25) is 4.79 Å². The maximum Gasteiger partial charge on any atom is 0.226 e. The first-order chi connectivity index (χ1) is 10.7. The molecule has 0 saturated heterocycles. The predicted octanol–water partition coefficient (Wildman–Crippen LogP) is 3.40. The van der Waals surface area contributed by atoms with E-state index in [0.717, 1.165) is 0 Å². The third kappa shape index (κ3) is 3.59. The topological polar surface area (TPSA) is 55.1 Å². The van der Waals surface area contributed by atoms with Crippen molar-refractivity contribution in [3.05, 3.63) is 65.3 Å². The highest BCUT2D eigenvalue weighted by atomic mass is 32.1. The summed E-state index contributed by atoms with van der Waals surface area (Å²) in [6.07, 6.45) is 1.75. The summed E-state index contributed by atoms with van der Waals surface area (Å²) < 4.78 is 18.4. The van der Waals surface area contributed by atoms with Crippen LogP contribution in [0.2, 0.25) is 0 Å². The van der Waals surface area contributed by atoms with Crippen LogP contribution in [-0.2, 0) is 17.8 Å². The second-order valence-corrected chi connectivity index (χ2v) is 5.55. The van der Waals surface area contributed by atoms with Crippen LogP contribution in [0.3, 0.4) is 0 Å². The zero-order chi connectivity index (χ0) is 15.4. The number of thiazole rings is 1. The molecule has 1 N–H and O–H groups in total. The van der Waals surface area contributed by atoms with Crippen molar-refractivity contribution in [2.75, 3.05) is 0 Å². The molecule has 1 aromatic carbocycles. The first-order valence-corrected chi connectivity index (χ1v) is 7.58. The van der Waals surface area contributed by atoms with Gasteiger partial charge in [-0.1, -0.05) is 12.1 Å². The molecule has 0 unspecified atom stereocenters. The molecule has 3 aromatic rings. The highest BCUT2D eigenvalue weighted by Crippen LogP contribution is 2.24. The van der Waals surface area contributed by atoms with E-state index < -0.39 is 0 Å². The summed E-state index contributed by atoms with van der Waals surface area (Å²) in [4.78, 5) is 16.2. The van der Waals surface area contributed by atoms with Crippen LogP contribution in [0.4, 0.5) is 4.39 Å². The second-order valence-electron chi connectivity index (χ2n) is 4.69. The van der Waals surface area contributed by atoms with E-state index in [0.29, 0.717) is 28.6 Å². The van der Waals surface area contributed by atoms with Gasteiger partial charge in [0.05, 0.1) is 24.9 Å². The summed E-state index contributed by atoms with van der Waals surface area (Å²) in [5.41, 5.74) is 1.38. The fourth-order valence-electron chi connectivity index (χ4n) is 1.97. The molecule has 1 amide bonds. The highest BCUT2D eigenvalue weighted by molar-refractivity contribution is 7.13. The Labute approximate surface area is 130 Å². The van der Waals surface area contributed by atoms with E-state index in [4.69, 9.17) is 4.42 Å². The molecule has 0 spiro atoms. The summed E-state index contributed by atoms with van der Waals surface area (Å²) in [6.45, 7) is 0.354. The normalized spacial score (nSPS) is 10.6. The minimum absolute atomic E-state index is 0.132. The number of benzene rings is 1. The van der Waals surface area contributed by atoms with Crippen molar-refractivity contribution in [3.63, 3.8) is 0 Å². The van der Waals surface area contributed by atoms with Gasteiger partial charge in [-0.2, -0.15) is 0 Å². The maximum absolute atomic E-state index is 13.2. The van der Waals surface area contributed by atoms with E-state index in [1.54, 1.807) is 30.5 Å². The van der Waals surface area contributed by atoms with Crippen molar-refractivity contribution in [3.8, 4) is 10.6 Å². The molecule has 22 heavy (non-hydrogen) atoms. The molecule has 112 valence electrons. The molecule has 0 aliphatic carbocycles. The lowest BCUT2D eigenvalue weighted by Crippen LogP contribution is -2.24. The summed E-state index contributed by atoms with van der Waals surface area (Å²) >= 11 is 1.39. The van der Waals surface area contributed by atoms with Crippen LogP contribution >= 0.6 is 11.3 Å². The van der Waals surface area contributed by atoms with Gasteiger partial charge in [0.25, 0.3) is 0 Å². The summed E-state index contributed by atoms with van der Waals surface area (Å²) in [5, 5.41) is 5.28. The molecule has 2 heterocycles. The molecule has 0 aliphatic rings. The maximum atomic E-state index is 13.2. The molecule has 0 aliphatic heterocycles. The average molecular weight is 316 g/mol. The van der Waals surface area contributed by atoms with Gasteiger partial charge in [-0.15, -0.1) is 11.3 Å². The van der Waals surface area contributed by atoms with E-state index in [2.05, 4.69) is 10.3 Å². The Bertz CT molecular complexity index is 768. The third-order valence-electron chi connectivity index (χ3n) is 3.00. The Balaban J connectivity index is 1.60. The molecular weight excluding hydrogens is 303 g/mol. The molecule has 2 aromatic heterocycles. The number of amides is 1. The van der Waals surface area contributed by atoms with E-state index in [1.807, 2.05) is 5.38 Å². The number of hydrogen-bond donors (Lipinski definition) is 1. The Morgan fingerprint density at radius 1 is 1.32 bits per heavy atom. The van der Waals surface area contributed by atoms with Crippen molar-refractivity contribution in [2.24, 2.45) is 0 Å². The van der Waals surface area contributed by atoms with Crippen LogP contribution in [0.25, 0.3) is 10.6 Å². The first kappa shape index (κ1) is 14.5. The van der Waals surface area contributed by atoms with Crippen LogP contribution < -0.4 is 5.32 Å². The van der Waals surface area contributed by atoms with Crippen LogP contribution in [0.5, 0.6) is 0 Å². The van der Waals surface area contributed by atoms with Crippen LogP contribution in [0, 0.1) is 5.82 Å². The number of aromatic nitrogens is 1. The quantitative estimate of drug-likeness (QED) is 0.785. The monoisotopic (exact) mass is 316 g/mol. The van der Waals surface area contributed by atoms with Crippen molar-refractivity contribution in [1.29, 1.82) is 0 Å². The summed E-state index contributed by atoms with van der Waals surface area (Å²) in [5.74, 6) is 0.269. The third-order valence-corrected chi connectivity index (χ3v) is 3.95. The molecule has 0 bridgehead atoms. The number of carbonyl (C=O) groups is 1. The lowest BCUT2D eigenvalue weighted by Gasteiger charge is -2.01.